The minimum absolute atomic E-state index is 0.00221. The van der Waals surface area contributed by atoms with E-state index in [0.29, 0.717) is 10.8 Å². The largest absolute Gasteiger partial charge is 0.326 e. The smallest absolute Gasteiger partial charge is 0.00996 e. The first-order chi connectivity index (χ1) is 6.54. The summed E-state index contributed by atoms with van der Waals surface area (Å²) in [5.74, 6) is 0.827. The third-order valence-electron chi connectivity index (χ3n) is 4.62. The SMILES string of the molecule is CC(C)(N)CC1CCC(C)(C)C(C)(C)C1. The molecule has 0 heterocycles. The van der Waals surface area contributed by atoms with Crippen molar-refractivity contribution in [2.24, 2.45) is 22.5 Å². The Morgan fingerprint density at radius 2 is 1.67 bits per heavy atom. The topological polar surface area (TPSA) is 26.0 Å². The first kappa shape index (κ1) is 13.0. The standard InChI is InChI=1S/C14H29N/c1-12(2)8-7-11(9-13(12,3)4)10-14(5,6)15/h11H,7-10,15H2,1-6H3. The molecule has 1 nitrogen and oxygen atoms in total. The molecule has 0 bridgehead atoms. The Morgan fingerprint density at radius 3 is 2.07 bits per heavy atom. The van der Waals surface area contributed by atoms with E-state index in [-0.39, 0.29) is 5.54 Å². The highest BCUT2D eigenvalue weighted by Gasteiger charge is 2.42. The van der Waals surface area contributed by atoms with Crippen molar-refractivity contribution < 1.29 is 0 Å². The monoisotopic (exact) mass is 211 g/mol. The summed E-state index contributed by atoms with van der Waals surface area (Å²) in [7, 11) is 0. The zero-order chi connectivity index (χ0) is 11.9. The van der Waals surface area contributed by atoms with E-state index in [0.717, 1.165) is 5.92 Å². The molecule has 1 saturated carbocycles. The van der Waals surface area contributed by atoms with Crippen LogP contribution in [0.5, 0.6) is 0 Å². The predicted molar refractivity (Wildman–Crippen MR) is 67.8 cm³/mol. The highest BCUT2D eigenvalue weighted by Crippen LogP contribution is 2.52. The molecule has 1 aliphatic carbocycles. The van der Waals surface area contributed by atoms with Gasteiger partial charge in [0.1, 0.15) is 0 Å². The second-order valence-electron chi connectivity index (χ2n) is 7.57. The summed E-state index contributed by atoms with van der Waals surface area (Å²) in [5.41, 5.74) is 7.07. The van der Waals surface area contributed by atoms with Gasteiger partial charge in [-0.2, -0.15) is 0 Å². The molecule has 0 aromatic rings. The van der Waals surface area contributed by atoms with Crippen LogP contribution in [-0.4, -0.2) is 5.54 Å². The highest BCUT2D eigenvalue weighted by atomic mass is 14.7. The lowest BCUT2D eigenvalue weighted by molar-refractivity contribution is 0.0133. The second-order valence-corrected chi connectivity index (χ2v) is 7.57. The third kappa shape index (κ3) is 3.21. The fourth-order valence-corrected chi connectivity index (χ4v) is 2.92. The van der Waals surface area contributed by atoms with Crippen molar-refractivity contribution in [3.8, 4) is 0 Å². The summed E-state index contributed by atoms with van der Waals surface area (Å²) >= 11 is 0. The zero-order valence-corrected chi connectivity index (χ0v) is 11.5. The van der Waals surface area contributed by atoms with Crippen LogP contribution >= 0.6 is 0 Å². The van der Waals surface area contributed by atoms with E-state index in [4.69, 9.17) is 5.73 Å². The van der Waals surface area contributed by atoms with Gasteiger partial charge in [0, 0.05) is 5.54 Å². The molecule has 1 aliphatic rings. The van der Waals surface area contributed by atoms with Crippen LogP contribution in [0.4, 0.5) is 0 Å². The molecule has 1 heteroatoms. The minimum Gasteiger partial charge on any atom is -0.326 e. The van der Waals surface area contributed by atoms with Gasteiger partial charge in [-0.15, -0.1) is 0 Å². The van der Waals surface area contributed by atoms with Crippen molar-refractivity contribution in [3.63, 3.8) is 0 Å². The van der Waals surface area contributed by atoms with E-state index in [1.54, 1.807) is 0 Å². The maximum absolute atomic E-state index is 6.12. The highest BCUT2D eigenvalue weighted by molar-refractivity contribution is 4.94. The van der Waals surface area contributed by atoms with E-state index in [1.807, 2.05) is 0 Å². The van der Waals surface area contributed by atoms with Crippen LogP contribution in [0.2, 0.25) is 0 Å². The fourth-order valence-electron chi connectivity index (χ4n) is 2.92. The van der Waals surface area contributed by atoms with E-state index < -0.39 is 0 Å². The van der Waals surface area contributed by atoms with Crippen molar-refractivity contribution in [2.45, 2.75) is 72.8 Å². The van der Waals surface area contributed by atoms with Gasteiger partial charge in [0.2, 0.25) is 0 Å². The molecule has 2 N–H and O–H groups in total. The van der Waals surface area contributed by atoms with Crippen LogP contribution in [0.1, 0.15) is 67.2 Å². The summed E-state index contributed by atoms with van der Waals surface area (Å²) < 4.78 is 0. The molecular formula is C14H29N. The summed E-state index contributed by atoms with van der Waals surface area (Å²) in [6.45, 7) is 14.0. The van der Waals surface area contributed by atoms with Crippen LogP contribution < -0.4 is 5.73 Å². The lowest BCUT2D eigenvalue weighted by Crippen LogP contribution is -2.42. The molecular weight excluding hydrogens is 182 g/mol. The van der Waals surface area contributed by atoms with Gasteiger partial charge in [0.05, 0.1) is 0 Å². The number of hydrogen-bond acceptors (Lipinski definition) is 1. The van der Waals surface area contributed by atoms with Crippen LogP contribution in [-0.2, 0) is 0 Å². The Morgan fingerprint density at radius 1 is 1.13 bits per heavy atom. The molecule has 0 aromatic carbocycles. The maximum Gasteiger partial charge on any atom is 0.00996 e. The second kappa shape index (κ2) is 3.76. The summed E-state index contributed by atoms with van der Waals surface area (Å²) in [5, 5.41) is 0. The van der Waals surface area contributed by atoms with Crippen molar-refractivity contribution in [2.75, 3.05) is 0 Å². The van der Waals surface area contributed by atoms with Crippen molar-refractivity contribution in [1.29, 1.82) is 0 Å². The molecule has 0 saturated heterocycles. The molecule has 90 valence electrons. The van der Waals surface area contributed by atoms with E-state index in [1.165, 1.54) is 25.7 Å². The van der Waals surface area contributed by atoms with Crippen LogP contribution in [0.25, 0.3) is 0 Å². The average Bonchev–Trinajstić information content (AvgIpc) is 1.94. The van der Waals surface area contributed by atoms with E-state index >= 15 is 0 Å². The zero-order valence-electron chi connectivity index (χ0n) is 11.5. The molecule has 1 rings (SSSR count). The molecule has 0 aromatic heterocycles. The molecule has 1 atom stereocenters. The van der Waals surface area contributed by atoms with Gasteiger partial charge < -0.3 is 5.73 Å². The summed E-state index contributed by atoms with van der Waals surface area (Å²) in [4.78, 5) is 0. The first-order valence-corrected chi connectivity index (χ1v) is 6.32. The Kier molecular flexibility index (Phi) is 3.27. The molecule has 0 aliphatic heterocycles. The van der Waals surface area contributed by atoms with Gasteiger partial charge in [0.15, 0.2) is 0 Å². The molecule has 15 heavy (non-hydrogen) atoms. The lowest BCUT2D eigenvalue weighted by atomic mass is 9.56. The summed E-state index contributed by atoms with van der Waals surface area (Å²) in [6.07, 6.45) is 5.21. The number of nitrogens with two attached hydrogens (primary N) is 1. The number of rotatable bonds is 2. The fraction of sp³-hybridized carbons (Fsp3) is 1.00. The Labute approximate surface area is 95.8 Å². The van der Waals surface area contributed by atoms with Crippen LogP contribution in [0.3, 0.4) is 0 Å². The van der Waals surface area contributed by atoms with Crippen molar-refractivity contribution in [1.82, 2.24) is 0 Å². The lowest BCUT2D eigenvalue weighted by Gasteiger charge is -2.49. The van der Waals surface area contributed by atoms with E-state index in [9.17, 15) is 0 Å². The van der Waals surface area contributed by atoms with Crippen LogP contribution in [0, 0.1) is 16.7 Å². The van der Waals surface area contributed by atoms with Gasteiger partial charge in [0.25, 0.3) is 0 Å². The normalized spacial score (nSPS) is 30.2. The molecule has 0 spiro atoms. The van der Waals surface area contributed by atoms with Crippen LogP contribution in [0.15, 0.2) is 0 Å². The van der Waals surface area contributed by atoms with Gasteiger partial charge >= 0.3 is 0 Å². The Bertz CT molecular complexity index is 220. The molecule has 1 unspecified atom stereocenters. The maximum atomic E-state index is 6.12. The quantitative estimate of drug-likeness (QED) is 0.735. The first-order valence-electron chi connectivity index (χ1n) is 6.32. The van der Waals surface area contributed by atoms with E-state index in [2.05, 4.69) is 41.5 Å². The average molecular weight is 211 g/mol. The van der Waals surface area contributed by atoms with Gasteiger partial charge in [-0.1, -0.05) is 27.7 Å². The number of hydrogen-bond donors (Lipinski definition) is 1. The molecule has 0 amide bonds. The van der Waals surface area contributed by atoms with Crippen molar-refractivity contribution in [3.05, 3.63) is 0 Å². The molecule has 1 fully saturated rings. The van der Waals surface area contributed by atoms with Crippen molar-refractivity contribution >= 4 is 0 Å². The Balaban J connectivity index is 2.63. The summed E-state index contributed by atoms with van der Waals surface area (Å²) in [6, 6.07) is 0. The van der Waals surface area contributed by atoms with Gasteiger partial charge in [-0.3, -0.25) is 0 Å². The minimum atomic E-state index is 0.00221. The predicted octanol–water partition coefficient (Wildman–Crippen LogP) is 3.97. The third-order valence-corrected chi connectivity index (χ3v) is 4.62. The van der Waals surface area contributed by atoms with Gasteiger partial charge in [-0.25, -0.2) is 0 Å². The Hall–Kier alpha value is -0.0400. The van der Waals surface area contributed by atoms with Gasteiger partial charge in [-0.05, 0) is 56.3 Å². The molecule has 0 radical (unpaired) electrons.